The molecule has 2 fully saturated rings. The summed E-state index contributed by atoms with van der Waals surface area (Å²) in [6, 6.07) is 7.73. The van der Waals surface area contributed by atoms with Crippen molar-refractivity contribution in [2.24, 2.45) is 5.92 Å². The van der Waals surface area contributed by atoms with Crippen molar-refractivity contribution < 1.29 is 14.3 Å². The first-order chi connectivity index (χ1) is 13.5. The highest BCUT2D eigenvalue weighted by Crippen LogP contribution is 2.21. The minimum atomic E-state index is -0.0569. The molecule has 28 heavy (non-hydrogen) atoms. The van der Waals surface area contributed by atoms with Gasteiger partial charge in [0.25, 0.3) is 5.91 Å². The van der Waals surface area contributed by atoms with Gasteiger partial charge in [0, 0.05) is 49.9 Å². The zero-order chi connectivity index (χ0) is 19.9. The van der Waals surface area contributed by atoms with Crippen molar-refractivity contribution in [2.75, 3.05) is 44.3 Å². The Kier molecular flexibility index (Phi) is 7.45. The number of anilines is 1. The maximum atomic E-state index is 12.6. The number of hydrogen-bond donors (Lipinski definition) is 1. The number of ether oxygens (including phenoxy) is 1. The van der Waals surface area contributed by atoms with Crippen LogP contribution in [0.15, 0.2) is 24.3 Å². The van der Waals surface area contributed by atoms with Gasteiger partial charge >= 0.3 is 0 Å². The van der Waals surface area contributed by atoms with Crippen LogP contribution < -0.4 is 10.2 Å². The van der Waals surface area contributed by atoms with Crippen LogP contribution >= 0.6 is 0 Å². The standard InChI is InChI=1S/C22H33N3O3/c1-17(2)15-20(24-11-13-28-14-12-24)16-23-22(27)18-6-8-19(9-7-18)25-10-4-3-5-21(25)26/h6-9,17,20H,3-5,10-16H2,1-2H3,(H,23,27). The molecule has 3 rings (SSSR count). The first kappa shape index (κ1) is 20.8. The van der Waals surface area contributed by atoms with Gasteiger partial charge in [-0.25, -0.2) is 0 Å². The molecule has 154 valence electrons. The number of nitrogens with one attached hydrogen (secondary N) is 1. The number of morpholine rings is 1. The molecule has 6 heteroatoms. The largest absolute Gasteiger partial charge is 0.379 e. The second-order valence-electron chi connectivity index (χ2n) is 8.19. The second kappa shape index (κ2) is 10.0. The van der Waals surface area contributed by atoms with Crippen LogP contribution in [0.4, 0.5) is 5.69 Å². The molecule has 0 saturated carbocycles. The van der Waals surface area contributed by atoms with Crippen LogP contribution in [0.2, 0.25) is 0 Å². The molecule has 1 unspecified atom stereocenters. The maximum absolute atomic E-state index is 12.6. The summed E-state index contributed by atoms with van der Waals surface area (Å²) >= 11 is 0. The van der Waals surface area contributed by atoms with Crippen LogP contribution in [0.25, 0.3) is 0 Å². The molecule has 0 bridgehead atoms. The van der Waals surface area contributed by atoms with Gasteiger partial charge in [0.05, 0.1) is 13.2 Å². The van der Waals surface area contributed by atoms with E-state index in [2.05, 4.69) is 24.1 Å². The number of carbonyl (C=O) groups is 2. The highest BCUT2D eigenvalue weighted by molar-refractivity contribution is 5.96. The summed E-state index contributed by atoms with van der Waals surface area (Å²) in [4.78, 5) is 28.9. The molecule has 0 aromatic heterocycles. The van der Waals surface area contributed by atoms with E-state index in [0.29, 0.717) is 30.5 Å². The molecule has 1 aromatic carbocycles. The van der Waals surface area contributed by atoms with E-state index in [4.69, 9.17) is 4.74 Å². The fraction of sp³-hybridized carbons (Fsp3) is 0.636. The lowest BCUT2D eigenvalue weighted by atomic mass is 10.0. The van der Waals surface area contributed by atoms with E-state index in [-0.39, 0.29) is 11.8 Å². The number of hydrogen-bond acceptors (Lipinski definition) is 4. The minimum absolute atomic E-state index is 0.0569. The lowest BCUT2D eigenvalue weighted by molar-refractivity contribution is -0.119. The third-order valence-electron chi connectivity index (χ3n) is 5.57. The van der Waals surface area contributed by atoms with Gasteiger partial charge in [0.1, 0.15) is 0 Å². The quantitative estimate of drug-likeness (QED) is 0.781. The van der Waals surface area contributed by atoms with Gasteiger partial charge in [-0.2, -0.15) is 0 Å². The Morgan fingerprint density at radius 3 is 2.46 bits per heavy atom. The summed E-state index contributed by atoms with van der Waals surface area (Å²) < 4.78 is 5.46. The van der Waals surface area contributed by atoms with Crippen molar-refractivity contribution in [3.63, 3.8) is 0 Å². The predicted molar refractivity (Wildman–Crippen MR) is 111 cm³/mol. The van der Waals surface area contributed by atoms with Gasteiger partial charge in [-0.15, -0.1) is 0 Å². The molecule has 1 atom stereocenters. The Bertz CT molecular complexity index is 653. The molecule has 6 nitrogen and oxygen atoms in total. The van der Waals surface area contributed by atoms with Gasteiger partial charge in [-0.3, -0.25) is 14.5 Å². The van der Waals surface area contributed by atoms with Crippen molar-refractivity contribution >= 4 is 17.5 Å². The second-order valence-corrected chi connectivity index (χ2v) is 8.19. The van der Waals surface area contributed by atoms with Crippen molar-refractivity contribution in [1.82, 2.24) is 10.2 Å². The first-order valence-corrected chi connectivity index (χ1v) is 10.5. The van der Waals surface area contributed by atoms with Crippen molar-refractivity contribution in [1.29, 1.82) is 0 Å². The Morgan fingerprint density at radius 2 is 1.82 bits per heavy atom. The first-order valence-electron chi connectivity index (χ1n) is 10.5. The van der Waals surface area contributed by atoms with Gasteiger partial charge in [-0.05, 0) is 49.4 Å². The number of carbonyl (C=O) groups excluding carboxylic acids is 2. The summed E-state index contributed by atoms with van der Waals surface area (Å²) in [7, 11) is 0. The molecule has 2 saturated heterocycles. The van der Waals surface area contributed by atoms with Crippen LogP contribution in [-0.4, -0.2) is 62.1 Å². The highest BCUT2D eigenvalue weighted by Gasteiger charge is 2.23. The van der Waals surface area contributed by atoms with E-state index in [1.165, 1.54) is 0 Å². The summed E-state index contributed by atoms with van der Waals surface area (Å²) in [5.74, 6) is 0.690. The molecule has 1 N–H and O–H groups in total. The van der Waals surface area contributed by atoms with E-state index < -0.39 is 0 Å². The van der Waals surface area contributed by atoms with E-state index in [9.17, 15) is 9.59 Å². The molecule has 2 amide bonds. The smallest absolute Gasteiger partial charge is 0.251 e. The van der Waals surface area contributed by atoms with E-state index in [0.717, 1.165) is 57.8 Å². The lowest BCUT2D eigenvalue weighted by Crippen LogP contribution is -2.49. The molecule has 0 spiro atoms. The Labute approximate surface area is 168 Å². The van der Waals surface area contributed by atoms with E-state index in [1.54, 1.807) is 0 Å². The number of amides is 2. The molecular formula is C22H33N3O3. The zero-order valence-electron chi connectivity index (χ0n) is 17.2. The van der Waals surface area contributed by atoms with Crippen molar-refractivity contribution in [3.05, 3.63) is 29.8 Å². The van der Waals surface area contributed by atoms with Gasteiger partial charge in [-0.1, -0.05) is 13.8 Å². The van der Waals surface area contributed by atoms with Crippen LogP contribution in [0.1, 0.15) is 49.9 Å². The monoisotopic (exact) mass is 387 g/mol. The van der Waals surface area contributed by atoms with Gasteiger partial charge in [0.2, 0.25) is 5.91 Å². The maximum Gasteiger partial charge on any atom is 0.251 e. The molecule has 2 aliphatic rings. The molecule has 0 radical (unpaired) electrons. The van der Waals surface area contributed by atoms with E-state index >= 15 is 0 Å². The summed E-state index contributed by atoms with van der Waals surface area (Å²) in [6.45, 7) is 9.21. The van der Waals surface area contributed by atoms with Crippen LogP contribution in [0.3, 0.4) is 0 Å². The number of benzene rings is 1. The average molecular weight is 388 g/mol. The minimum Gasteiger partial charge on any atom is -0.379 e. The normalized spacial score (nSPS) is 19.7. The van der Waals surface area contributed by atoms with E-state index in [1.807, 2.05) is 29.2 Å². The molecule has 2 aliphatic heterocycles. The SMILES string of the molecule is CC(C)CC(CNC(=O)c1ccc(N2CCCCC2=O)cc1)N1CCOCC1. The van der Waals surface area contributed by atoms with Crippen LogP contribution in [0.5, 0.6) is 0 Å². The third-order valence-corrected chi connectivity index (χ3v) is 5.57. The third kappa shape index (κ3) is 5.55. The zero-order valence-corrected chi connectivity index (χ0v) is 17.2. The number of rotatable bonds is 7. The fourth-order valence-corrected chi connectivity index (χ4v) is 4.03. The highest BCUT2D eigenvalue weighted by atomic mass is 16.5. The number of nitrogens with zero attached hydrogens (tertiary/aromatic N) is 2. The fourth-order valence-electron chi connectivity index (χ4n) is 4.03. The Morgan fingerprint density at radius 1 is 1.11 bits per heavy atom. The molecular weight excluding hydrogens is 354 g/mol. The van der Waals surface area contributed by atoms with Crippen molar-refractivity contribution in [3.8, 4) is 0 Å². The summed E-state index contributed by atoms with van der Waals surface area (Å²) in [5, 5.41) is 3.11. The topological polar surface area (TPSA) is 61.9 Å². The Hall–Kier alpha value is -1.92. The molecule has 0 aliphatic carbocycles. The van der Waals surface area contributed by atoms with Crippen LogP contribution in [0, 0.1) is 5.92 Å². The molecule has 2 heterocycles. The lowest BCUT2D eigenvalue weighted by Gasteiger charge is -2.35. The average Bonchev–Trinajstić information content (AvgIpc) is 2.72. The Balaban J connectivity index is 1.57. The summed E-state index contributed by atoms with van der Waals surface area (Å²) in [6.07, 6.45) is 3.67. The van der Waals surface area contributed by atoms with Gasteiger partial charge < -0.3 is 15.0 Å². The molecule has 1 aromatic rings. The summed E-state index contributed by atoms with van der Waals surface area (Å²) in [5.41, 5.74) is 1.52. The van der Waals surface area contributed by atoms with Gasteiger partial charge in [0.15, 0.2) is 0 Å². The van der Waals surface area contributed by atoms with Crippen molar-refractivity contribution in [2.45, 2.75) is 45.6 Å². The number of piperidine rings is 1. The van der Waals surface area contributed by atoms with Crippen LogP contribution in [-0.2, 0) is 9.53 Å². The predicted octanol–water partition coefficient (Wildman–Crippen LogP) is 2.68.